The third-order valence-corrected chi connectivity index (χ3v) is 1.80. The first-order valence-electron chi connectivity index (χ1n) is 4.02. The van der Waals surface area contributed by atoms with E-state index in [0.717, 1.165) is 17.6 Å². The lowest BCUT2D eigenvalue weighted by molar-refractivity contribution is 1.25. The fourth-order valence-electron chi connectivity index (χ4n) is 0.969. The summed E-state index contributed by atoms with van der Waals surface area (Å²) < 4.78 is 0. The van der Waals surface area contributed by atoms with Gasteiger partial charge in [-0.15, -0.1) is 0 Å². The average Bonchev–Trinajstić information content (AvgIpc) is 2.29. The minimum absolute atomic E-state index is 0.0325. The molecule has 0 saturated heterocycles. The molecule has 0 spiro atoms. The van der Waals surface area contributed by atoms with E-state index in [4.69, 9.17) is 0 Å². The van der Waals surface area contributed by atoms with Crippen LogP contribution in [-0.2, 0) is 0 Å². The van der Waals surface area contributed by atoms with Crippen LogP contribution in [0.5, 0.6) is 0 Å². The van der Waals surface area contributed by atoms with Gasteiger partial charge in [0.25, 0.3) is 0 Å². The van der Waals surface area contributed by atoms with Gasteiger partial charge in [0.15, 0.2) is 5.43 Å². The molecular formula is C11H12O. The van der Waals surface area contributed by atoms with E-state index in [0.29, 0.717) is 0 Å². The molecule has 1 aromatic carbocycles. The molecule has 0 aliphatic heterocycles. The van der Waals surface area contributed by atoms with Crippen LogP contribution < -0.4 is 5.43 Å². The van der Waals surface area contributed by atoms with E-state index < -0.39 is 0 Å². The van der Waals surface area contributed by atoms with Crippen LogP contribution in [0.1, 0.15) is 18.9 Å². The van der Waals surface area contributed by atoms with E-state index in [2.05, 4.69) is 6.58 Å². The minimum Gasteiger partial charge on any atom is -0.290 e. The highest BCUT2D eigenvalue weighted by molar-refractivity contribution is 5.62. The molecule has 1 rings (SSSR count). The first-order valence-corrected chi connectivity index (χ1v) is 4.02. The summed E-state index contributed by atoms with van der Waals surface area (Å²) in [5.74, 6) is 0. The first kappa shape index (κ1) is 8.72. The smallest absolute Gasteiger partial charge is 0.178 e. The number of hydrogen-bond acceptors (Lipinski definition) is 1. The maximum Gasteiger partial charge on any atom is 0.178 e. The second-order valence-electron chi connectivity index (χ2n) is 2.67. The van der Waals surface area contributed by atoms with Crippen LogP contribution >= 0.6 is 0 Å². The maximum atomic E-state index is 10.9. The zero-order valence-electron chi connectivity index (χ0n) is 7.21. The predicted molar refractivity (Wildman–Crippen MR) is 52.0 cm³/mol. The molecule has 1 aromatic rings. The Hall–Kier alpha value is -1.37. The third-order valence-electron chi connectivity index (χ3n) is 1.80. The van der Waals surface area contributed by atoms with Gasteiger partial charge in [0.2, 0.25) is 0 Å². The highest BCUT2D eigenvalue weighted by Gasteiger charge is 1.92. The minimum atomic E-state index is 0.0325. The summed E-state index contributed by atoms with van der Waals surface area (Å²) in [6, 6.07) is 8.60. The Labute approximate surface area is 72.4 Å². The molecular weight excluding hydrogens is 148 g/mol. The summed E-state index contributed by atoms with van der Waals surface area (Å²) in [5, 5.41) is 0. The Morgan fingerprint density at radius 3 is 2.75 bits per heavy atom. The normalized spacial score (nSPS) is 9.42. The molecule has 0 fully saturated rings. The fraction of sp³-hybridized carbons (Fsp3) is 0.182. The van der Waals surface area contributed by atoms with Crippen molar-refractivity contribution in [2.45, 2.75) is 13.3 Å². The quantitative estimate of drug-likeness (QED) is 0.649. The van der Waals surface area contributed by atoms with Gasteiger partial charge in [-0.1, -0.05) is 31.7 Å². The Bertz CT molecular complexity index is 339. The lowest BCUT2D eigenvalue weighted by Crippen LogP contribution is -1.87. The van der Waals surface area contributed by atoms with Crippen LogP contribution in [0.3, 0.4) is 0 Å². The van der Waals surface area contributed by atoms with Gasteiger partial charge in [0.1, 0.15) is 0 Å². The lowest BCUT2D eigenvalue weighted by Gasteiger charge is -1.96. The van der Waals surface area contributed by atoms with Crippen LogP contribution in [-0.4, -0.2) is 0 Å². The molecule has 0 N–H and O–H groups in total. The standard InChI is InChI=1S/C11H12O/c1-3-9(2)10-5-4-6-11(12)8-7-10/h4-8H,2-3H2,1H3. The molecule has 1 heteroatoms. The zero-order chi connectivity index (χ0) is 8.97. The van der Waals surface area contributed by atoms with Crippen molar-refractivity contribution < 1.29 is 0 Å². The van der Waals surface area contributed by atoms with Crippen molar-refractivity contribution in [1.82, 2.24) is 0 Å². The molecule has 0 amide bonds. The molecule has 62 valence electrons. The molecule has 0 bridgehead atoms. The van der Waals surface area contributed by atoms with E-state index >= 15 is 0 Å². The van der Waals surface area contributed by atoms with Crippen LogP contribution in [0, 0.1) is 0 Å². The van der Waals surface area contributed by atoms with E-state index in [1.165, 1.54) is 0 Å². The van der Waals surface area contributed by atoms with Crippen molar-refractivity contribution in [3.8, 4) is 0 Å². The summed E-state index contributed by atoms with van der Waals surface area (Å²) in [4.78, 5) is 10.9. The first-order chi connectivity index (χ1) is 5.74. The molecule has 12 heavy (non-hydrogen) atoms. The van der Waals surface area contributed by atoms with Gasteiger partial charge in [-0.05, 0) is 29.7 Å². The number of rotatable bonds is 2. The van der Waals surface area contributed by atoms with E-state index in [-0.39, 0.29) is 5.43 Å². The molecule has 0 radical (unpaired) electrons. The topological polar surface area (TPSA) is 17.1 Å². The monoisotopic (exact) mass is 160 g/mol. The molecule has 0 saturated carbocycles. The molecule has 0 aromatic heterocycles. The third kappa shape index (κ3) is 2.06. The van der Waals surface area contributed by atoms with Gasteiger partial charge >= 0.3 is 0 Å². The largest absolute Gasteiger partial charge is 0.290 e. The van der Waals surface area contributed by atoms with Gasteiger partial charge in [-0.2, -0.15) is 0 Å². The van der Waals surface area contributed by atoms with Gasteiger partial charge in [-0.3, -0.25) is 4.79 Å². The summed E-state index contributed by atoms with van der Waals surface area (Å²) in [5.41, 5.74) is 2.13. The second kappa shape index (κ2) is 3.86. The SMILES string of the molecule is C=C(CC)c1cccc(=O)cc1. The van der Waals surface area contributed by atoms with Crippen molar-refractivity contribution >= 4 is 5.57 Å². The zero-order valence-corrected chi connectivity index (χ0v) is 7.21. The Kier molecular flexibility index (Phi) is 2.81. The van der Waals surface area contributed by atoms with E-state index in [9.17, 15) is 4.79 Å². The van der Waals surface area contributed by atoms with Crippen LogP contribution in [0.25, 0.3) is 5.57 Å². The lowest BCUT2D eigenvalue weighted by atomic mass is 10.1. The van der Waals surface area contributed by atoms with Gasteiger partial charge in [-0.25, -0.2) is 0 Å². The van der Waals surface area contributed by atoms with Gasteiger partial charge < -0.3 is 0 Å². The summed E-state index contributed by atoms with van der Waals surface area (Å²) >= 11 is 0. The Balaban J connectivity index is 3.13. The van der Waals surface area contributed by atoms with Gasteiger partial charge in [0, 0.05) is 0 Å². The predicted octanol–water partition coefficient (Wildman–Crippen LogP) is 2.47. The highest BCUT2D eigenvalue weighted by Crippen LogP contribution is 2.12. The molecule has 0 unspecified atom stereocenters. The van der Waals surface area contributed by atoms with Crippen molar-refractivity contribution in [3.63, 3.8) is 0 Å². The van der Waals surface area contributed by atoms with Crippen LogP contribution in [0.2, 0.25) is 0 Å². The van der Waals surface area contributed by atoms with Gasteiger partial charge in [0.05, 0.1) is 0 Å². The summed E-state index contributed by atoms with van der Waals surface area (Å²) in [6.45, 7) is 5.95. The second-order valence-corrected chi connectivity index (χ2v) is 2.67. The van der Waals surface area contributed by atoms with Crippen molar-refractivity contribution in [2.75, 3.05) is 0 Å². The van der Waals surface area contributed by atoms with Crippen molar-refractivity contribution in [3.05, 3.63) is 52.7 Å². The molecule has 0 heterocycles. The van der Waals surface area contributed by atoms with Crippen molar-refractivity contribution in [1.29, 1.82) is 0 Å². The summed E-state index contributed by atoms with van der Waals surface area (Å²) in [6.07, 6.45) is 0.915. The van der Waals surface area contributed by atoms with Crippen molar-refractivity contribution in [2.24, 2.45) is 0 Å². The maximum absolute atomic E-state index is 10.9. The van der Waals surface area contributed by atoms with Crippen LogP contribution in [0.15, 0.2) is 41.7 Å². The average molecular weight is 160 g/mol. The number of allylic oxidation sites excluding steroid dienone is 1. The molecule has 0 atom stereocenters. The van der Waals surface area contributed by atoms with E-state index in [1.54, 1.807) is 18.2 Å². The van der Waals surface area contributed by atoms with E-state index in [1.807, 2.05) is 19.1 Å². The Morgan fingerprint density at radius 2 is 2.08 bits per heavy atom. The highest BCUT2D eigenvalue weighted by atomic mass is 16.1. The molecule has 0 aliphatic carbocycles. The molecule has 1 nitrogen and oxygen atoms in total. The van der Waals surface area contributed by atoms with Crippen LogP contribution in [0.4, 0.5) is 0 Å². The fourth-order valence-corrected chi connectivity index (χ4v) is 0.969. The Morgan fingerprint density at radius 1 is 1.33 bits per heavy atom. The summed E-state index contributed by atoms with van der Waals surface area (Å²) in [7, 11) is 0. The number of hydrogen-bond donors (Lipinski definition) is 0. The molecule has 0 aliphatic rings.